The van der Waals surface area contributed by atoms with Crippen molar-refractivity contribution in [2.45, 2.75) is 26.5 Å². The van der Waals surface area contributed by atoms with E-state index in [2.05, 4.69) is 10.6 Å². The number of carbonyl (C=O) groups excluding carboxylic acids is 2. The zero-order valence-corrected chi connectivity index (χ0v) is 16.3. The Hall–Kier alpha value is -2.86. The number of benzene rings is 2. The molecule has 0 unspecified atom stereocenters. The highest BCUT2D eigenvalue weighted by Crippen LogP contribution is 2.14. The monoisotopic (exact) mass is 369 g/mol. The number of rotatable bonds is 8. The SMILES string of the molecule is CC(C)Oc1ccc(CNCC(=O)Nc2ccc(C(=O)N(C)C)cc2)cc1. The molecule has 0 saturated carbocycles. The Balaban J connectivity index is 1.77. The maximum absolute atomic E-state index is 12.0. The molecule has 0 heterocycles. The van der Waals surface area contributed by atoms with Crippen molar-refractivity contribution in [3.8, 4) is 5.75 Å². The molecule has 144 valence electrons. The molecule has 2 aromatic carbocycles. The predicted octanol–water partition coefficient (Wildman–Crippen LogP) is 2.90. The normalized spacial score (nSPS) is 10.6. The van der Waals surface area contributed by atoms with E-state index in [4.69, 9.17) is 4.74 Å². The molecule has 0 fully saturated rings. The summed E-state index contributed by atoms with van der Waals surface area (Å²) in [5.74, 6) is 0.628. The van der Waals surface area contributed by atoms with Gasteiger partial charge >= 0.3 is 0 Å². The summed E-state index contributed by atoms with van der Waals surface area (Å²) in [4.78, 5) is 25.4. The smallest absolute Gasteiger partial charge is 0.253 e. The first-order valence-corrected chi connectivity index (χ1v) is 8.93. The van der Waals surface area contributed by atoms with E-state index in [9.17, 15) is 9.59 Å². The molecule has 2 N–H and O–H groups in total. The Morgan fingerprint density at radius 1 is 1.00 bits per heavy atom. The third-order valence-electron chi connectivity index (χ3n) is 3.73. The van der Waals surface area contributed by atoms with Crippen LogP contribution in [0.2, 0.25) is 0 Å². The highest BCUT2D eigenvalue weighted by atomic mass is 16.5. The molecule has 0 aliphatic carbocycles. The molecule has 2 rings (SSSR count). The highest BCUT2D eigenvalue weighted by Gasteiger charge is 2.08. The van der Waals surface area contributed by atoms with Crippen LogP contribution in [0.1, 0.15) is 29.8 Å². The lowest BCUT2D eigenvalue weighted by molar-refractivity contribution is -0.115. The van der Waals surface area contributed by atoms with Crippen molar-refractivity contribution in [1.29, 1.82) is 0 Å². The molecular formula is C21H27N3O3. The average molecular weight is 369 g/mol. The van der Waals surface area contributed by atoms with Crippen molar-refractivity contribution in [1.82, 2.24) is 10.2 Å². The summed E-state index contributed by atoms with van der Waals surface area (Å²) in [6.45, 7) is 4.76. The summed E-state index contributed by atoms with van der Waals surface area (Å²) in [5.41, 5.74) is 2.32. The van der Waals surface area contributed by atoms with Crippen LogP contribution in [0.3, 0.4) is 0 Å². The Bertz CT molecular complexity index is 753. The van der Waals surface area contributed by atoms with Gasteiger partial charge in [0.25, 0.3) is 5.91 Å². The van der Waals surface area contributed by atoms with Gasteiger partial charge in [-0.1, -0.05) is 12.1 Å². The van der Waals surface area contributed by atoms with E-state index in [1.165, 1.54) is 4.90 Å². The lowest BCUT2D eigenvalue weighted by Crippen LogP contribution is -2.27. The van der Waals surface area contributed by atoms with Crippen LogP contribution in [0.15, 0.2) is 48.5 Å². The fourth-order valence-corrected chi connectivity index (χ4v) is 2.44. The third kappa shape index (κ3) is 6.75. The fraction of sp³-hybridized carbons (Fsp3) is 0.333. The second-order valence-corrected chi connectivity index (χ2v) is 6.74. The van der Waals surface area contributed by atoms with Gasteiger partial charge in [-0.3, -0.25) is 9.59 Å². The fourth-order valence-electron chi connectivity index (χ4n) is 2.44. The van der Waals surface area contributed by atoms with Gasteiger partial charge in [-0.05, 0) is 55.8 Å². The van der Waals surface area contributed by atoms with E-state index >= 15 is 0 Å². The Morgan fingerprint density at radius 2 is 1.63 bits per heavy atom. The molecule has 0 aliphatic heterocycles. The second kappa shape index (κ2) is 9.73. The van der Waals surface area contributed by atoms with Gasteiger partial charge in [-0.2, -0.15) is 0 Å². The van der Waals surface area contributed by atoms with Gasteiger partial charge in [-0.25, -0.2) is 0 Å². The minimum absolute atomic E-state index is 0.0700. The lowest BCUT2D eigenvalue weighted by Gasteiger charge is -2.11. The third-order valence-corrected chi connectivity index (χ3v) is 3.73. The van der Waals surface area contributed by atoms with Crippen LogP contribution in [0.5, 0.6) is 5.75 Å². The standard InChI is InChI=1S/C21H27N3O3/c1-15(2)27-19-11-5-16(6-12-19)13-22-14-20(25)23-18-9-7-17(8-10-18)21(26)24(3)4/h5-12,15,22H,13-14H2,1-4H3,(H,23,25). The Morgan fingerprint density at radius 3 is 2.19 bits per heavy atom. The zero-order valence-electron chi connectivity index (χ0n) is 16.3. The van der Waals surface area contributed by atoms with Crippen molar-refractivity contribution in [2.75, 3.05) is 26.0 Å². The first-order valence-electron chi connectivity index (χ1n) is 8.93. The first kappa shape index (κ1) is 20.5. The molecule has 6 nitrogen and oxygen atoms in total. The maximum atomic E-state index is 12.0. The molecule has 0 aliphatic rings. The van der Waals surface area contributed by atoms with E-state index in [1.807, 2.05) is 38.1 Å². The van der Waals surface area contributed by atoms with Gasteiger partial charge in [0.1, 0.15) is 5.75 Å². The zero-order chi connectivity index (χ0) is 19.8. The van der Waals surface area contributed by atoms with Crippen molar-refractivity contribution < 1.29 is 14.3 Å². The van der Waals surface area contributed by atoms with Gasteiger partial charge in [0.2, 0.25) is 5.91 Å². The summed E-state index contributed by atoms with van der Waals surface area (Å²) < 4.78 is 5.61. The van der Waals surface area contributed by atoms with Crippen LogP contribution in [0.4, 0.5) is 5.69 Å². The van der Waals surface area contributed by atoms with Gasteiger partial charge in [0, 0.05) is 31.9 Å². The Kier molecular flexibility index (Phi) is 7.37. The van der Waals surface area contributed by atoms with Gasteiger partial charge in [0.15, 0.2) is 0 Å². The number of carbonyl (C=O) groups is 2. The van der Waals surface area contributed by atoms with Crippen molar-refractivity contribution in [3.05, 3.63) is 59.7 Å². The van der Waals surface area contributed by atoms with Crippen molar-refractivity contribution in [2.24, 2.45) is 0 Å². The van der Waals surface area contributed by atoms with Crippen LogP contribution in [0, 0.1) is 0 Å². The van der Waals surface area contributed by atoms with Gasteiger partial charge < -0.3 is 20.3 Å². The van der Waals surface area contributed by atoms with E-state index < -0.39 is 0 Å². The predicted molar refractivity (Wildman–Crippen MR) is 107 cm³/mol. The average Bonchev–Trinajstić information content (AvgIpc) is 2.62. The largest absolute Gasteiger partial charge is 0.491 e. The van der Waals surface area contributed by atoms with E-state index in [1.54, 1.807) is 38.4 Å². The van der Waals surface area contributed by atoms with E-state index in [0.29, 0.717) is 17.8 Å². The van der Waals surface area contributed by atoms with E-state index in [-0.39, 0.29) is 24.5 Å². The highest BCUT2D eigenvalue weighted by molar-refractivity contribution is 5.95. The molecule has 2 aromatic rings. The topological polar surface area (TPSA) is 70.7 Å². The second-order valence-electron chi connectivity index (χ2n) is 6.74. The molecule has 0 atom stereocenters. The summed E-state index contributed by atoms with van der Waals surface area (Å²) >= 11 is 0. The summed E-state index contributed by atoms with van der Waals surface area (Å²) in [6.07, 6.45) is 0.146. The van der Waals surface area contributed by atoms with Crippen LogP contribution in [-0.4, -0.2) is 43.5 Å². The molecule has 2 amide bonds. The van der Waals surface area contributed by atoms with Crippen LogP contribution in [-0.2, 0) is 11.3 Å². The molecule has 0 saturated heterocycles. The summed E-state index contributed by atoms with van der Waals surface area (Å²) in [5, 5.41) is 5.92. The molecule has 0 spiro atoms. The van der Waals surface area contributed by atoms with Crippen molar-refractivity contribution in [3.63, 3.8) is 0 Å². The van der Waals surface area contributed by atoms with Crippen LogP contribution in [0.25, 0.3) is 0 Å². The number of ether oxygens (including phenoxy) is 1. The molecule has 0 aromatic heterocycles. The quantitative estimate of drug-likeness (QED) is 0.751. The number of nitrogens with one attached hydrogen (secondary N) is 2. The molecule has 27 heavy (non-hydrogen) atoms. The van der Waals surface area contributed by atoms with Crippen LogP contribution < -0.4 is 15.4 Å². The summed E-state index contributed by atoms with van der Waals surface area (Å²) in [6, 6.07) is 14.6. The van der Waals surface area contributed by atoms with Gasteiger partial charge in [-0.15, -0.1) is 0 Å². The Labute approximate surface area is 160 Å². The number of hydrogen-bond donors (Lipinski definition) is 2. The van der Waals surface area contributed by atoms with E-state index in [0.717, 1.165) is 11.3 Å². The molecule has 0 bridgehead atoms. The minimum atomic E-state index is -0.138. The number of nitrogens with zero attached hydrogens (tertiary/aromatic N) is 1. The van der Waals surface area contributed by atoms with Crippen molar-refractivity contribution >= 4 is 17.5 Å². The number of hydrogen-bond acceptors (Lipinski definition) is 4. The minimum Gasteiger partial charge on any atom is -0.491 e. The molecule has 6 heteroatoms. The first-order chi connectivity index (χ1) is 12.8. The maximum Gasteiger partial charge on any atom is 0.253 e. The number of anilines is 1. The number of amides is 2. The molecule has 0 radical (unpaired) electrons. The molecular weight excluding hydrogens is 342 g/mol. The summed E-state index contributed by atoms with van der Waals surface area (Å²) in [7, 11) is 3.41. The van der Waals surface area contributed by atoms with Crippen LogP contribution >= 0.6 is 0 Å². The van der Waals surface area contributed by atoms with Gasteiger partial charge in [0.05, 0.1) is 12.6 Å². The lowest BCUT2D eigenvalue weighted by atomic mass is 10.2.